The van der Waals surface area contributed by atoms with Crippen molar-refractivity contribution in [3.8, 4) is 22.4 Å². The van der Waals surface area contributed by atoms with Crippen molar-refractivity contribution in [1.82, 2.24) is 14.5 Å². The molecule has 3 aromatic heterocycles. The average molecular weight is 496 g/mol. The van der Waals surface area contributed by atoms with Gasteiger partial charge in [-0.3, -0.25) is 4.79 Å². The van der Waals surface area contributed by atoms with Gasteiger partial charge in [0.05, 0.1) is 28.7 Å². The third kappa shape index (κ3) is 4.10. The van der Waals surface area contributed by atoms with Crippen LogP contribution in [0.5, 0.6) is 0 Å². The second-order valence-corrected chi connectivity index (χ2v) is 8.16. The fraction of sp³-hybridized carbons (Fsp3) is 0.0769. The second-order valence-electron chi connectivity index (χ2n) is 8.16. The van der Waals surface area contributed by atoms with Crippen LogP contribution in [0.3, 0.4) is 0 Å². The van der Waals surface area contributed by atoms with E-state index in [4.69, 9.17) is 5.73 Å². The Labute approximate surface area is 200 Å². The van der Waals surface area contributed by atoms with Gasteiger partial charge in [-0.25, -0.2) is 13.8 Å². The van der Waals surface area contributed by atoms with Crippen LogP contribution < -0.4 is 11.3 Å². The molecular weight excluding hydrogens is 479 g/mol. The standard InChI is InChI=1S/C26H17F5N4O/c27-18-5-2-14(3-6-18)22-23-20(8-10-34-25(23)36)35(24(22)15-7-9-33-21(32)11-15)13-16-1-4-17(12-19(16)28)26(29,30)31/h1-12H,13H2,(H2,32,33)(H,34,36). The van der Waals surface area contributed by atoms with Crippen LogP contribution in [-0.4, -0.2) is 14.5 Å². The number of aromatic nitrogens is 3. The summed E-state index contributed by atoms with van der Waals surface area (Å²) in [6.07, 6.45) is -1.81. The van der Waals surface area contributed by atoms with Gasteiger partial charge in [-0.15, -0.1) is 0 Å². The lowest BCUT2D eigenvalue weighted by Crippen LogP contribution is -2.09. The van der Waals surface area contributed by atoms with Crippen LogP contribution in [0.1, 0.15) is 11.1 Å². The maximum Gasteiger partial charge on any atom is 0.416 e. The molecule has 3 N–H and O–H groups in total. The van der Waals surface area contributed by atoms with Crippen molar-refractivity contribution in [3.63, 3.8) is 0 Å². The highest BCUT2D eigenvalue weighted by atomic mass is 19.4. The number of hydrogen-bond acceptors (Lipinski definition) is 3. The molecule has 0 aliphatic carbocycles. The van der Waals surface area contributed by atoms with Crippen molar-refractivity contribution in [2.24, 2.45) is 0 Å². The molecule has 0 radical (unpaired) electrons. The molecule has 0 bridgehead atoms. The SMILES string of the molecule is Nc1cc(-c2c(-c3ccc(F)cc3)c3c(=O)[nH]ccc3n2Cc2ccc(C(F)(F)F)cc2F)ccn1. The predicted octanol–water partition coefficient (Wildman–Crippen LogP) is 5.99. The lowest BCUT2D eigenvalue weighted by atomic mass is 9.99. The third-order valence-electron chi connectivity index (χ3n) is 5.88. The van der Waals surface area contributed by atoms with E-state index in [2.05, 4.69) is 9.97 Å². The van der Waals surface area contributed by atoms with E-state index in [1.807, 2.05) is 0 Å². The Balaban J connectivity index is 1.82. The lowest BCUT2D eigenvalue weighted by molar-refractivity contribution is -0.137. The fourth-order valence-electron chi connectivity index (χ4n) is 4.29. The normalized spacial score (nSPS) is 11.8. The van der Waals surface area contributed by atoms with Gasteiger partial charge >= 0.3 is 6.18 Å². The maximum absolute atomic E-state index is 14.9. The number of nitrogen functional groups attached to an aromatic ring is 1. The largest absolute Gasteiger partial charge is 0.416 e. The van der Waals surface area contributed by atoms with Crippen LogP contribution in [0.15, 0.2) is 77.9 Å². The minimum absolute atomic E-state index is 0.0193. The Morgan fingerprint density at radius 2 is 1.69 bits per heavy atom. The van der Waals surface area contributed by atoms with Crippen LogP contribution in [0.4, 0.5) is 27.8 Å². The molecule has 0 aliphatic heterocycles. The summed E-state index contributed by atoms with van der Waals surface area (Å²) in [5, 5.41) is 0.252. The van der Waals surface area contributed by atoms with E-state index in [1.54, 1.807) is 22.8 Å². The minimum Gasteiger partial charge on any atom is -0.384 e. The number of aromatic amines is 1. The molecule has 0 aliphatic rings. The van der Waals surface area contributed by atoms with Gasteiger partial charge in [0.25, 0.3) is 5.56 Å². The number of H-pyrrole nitrogens is 1. The number of anilines is 1. The summed E-state index contributed by atoms with van der Waals surface area (Å²) in [7, 11) is 0. The Hall–Kier alpha value is -4.47. The van der Waals surface area contributed by atoms with Crippen molar-refractivity contribution < 1.29 is 22.0 Å². The van der Waals surface area contributed by atoms with E-state index in [-0.39, 0.29) is 23.3 Å². The zero-order chi connectivity index (χ0) is 25.6. The minimum atomic E-state index is -4.69. The number of halogens is 5. The van der Waals surface area contributed by atoms with Crippen molar-refractivity contribution in [2.75, 3.05) is 5.73 Å². The topological polar surface area (TPSA) is 76.7 Å². The quantitative estimate of drug-likeness (QED) is 0.300. The molecule has 0 amide bonds. The summed E-state index contributed by atoms with van der Waals surface area (Å²) in [5.41, 5.74) is 6.67. The Kier molecular flexibility index (Phi) is 5.58. The van der Waals surface area contributed by atoms with E-state index in [0.717, 1.165) is 12.1 Å². The van der Waals surface area contributed by atoms with Crippen molar-refractivity contribution in [3.05, 3.63) is 106 Å². The number of benzene rings is 2. The Morgan fingerprint density at radius 1 is 0.944 bits per heavy atom. The number of nitrogens with one attached hydrogen (secondary N) is 1. The van der Waals surface area contributed by atoms with Crippen LogP contribution in [-0.2, 0) is 12.7 Å². The molecule has 0 saturated carbocycles. The summed E-state index contributed by atoms with van der Waals surface area (Å²) < 4.78 is 69.4. The number of hydrogen-bond donors (Lipinski definition) is 2. The molecular formula is C26H17F5N4O. The monoisotopic (exact) mass is 496 g/mol. The highest BCUT2D eigenvalue weighted by molar-refractivity contribution is 6.04. The van der Waals surface area contributed by atoms with Crippen molar-refractivity contribution >= 4 is 16.7 Å². The van der Waals surface area contributed by atoms with Crippen molar-refractivity contribution in [1.29, 1.82) is 0 Å². The Morgan fingerprint density at radius 3 is 2.36 bits per heavy atom. The first-order valence-electron chi connectivity index (χ1n) is 10.7. The smallest absolute Gasteiger partial charge is 0.384 e. The van der Waals surface area contributed by atoms with Gasteiger partial charge in [-0.1, -0.05) is 18.2 Å². The first-order valence-corrected chi connectivity index (χ1v) is 10.7. The van der Waals surface area contributed by atoms with E-state index < -0.39 is 28.9 Å². The predicted molar refractivity (Wildman–Crippen MR) is 126 cm³/mol. The van der Waals surface area contributed by atoms with Crippen LogP contribution in [0.25, 0.3) is 33.3 Å². The molecule has 5 aromatic rings. The summed E-state index contributed by atoms with van der Waals surface area (Å²) in [6, 6.07) is 12.6. The molecule has 10 heteroatoms. The number of rotatable bonds is 4. The zero-order valence-corrected chi connectivity index (χ0v) is 18.4. The number of nitrogens with zero attached hydrogens (tertiary/aromatic N) is 2. The molecule has 0 unspecified atom stereocenters. The van der Waals surface area contributed by atoms with Gasteiger partial charge in [0, 0.05) is 29.1 Å². The van der Waals surface area contributed by atoms with Gasteiger partial charge in [-0.2, -0.15) is 13.2 Å². The van der Waals surface area contributed by atoms with Crippen LogP contribution >= 0.6 is 0 Å². The summed E-state index contributed by atoms with van der Waals surface area (Å²) in [6.45, 7) is -0.192. The zero-order valence-electron chi connectivity index (χ0n) is 18.4. The third-order valence-corrected chi connectivity index (χ3v) is 5.88. The molecule has 5 nitrogen and oxygen atoms in total. The van der Waals surface area contributed by atoms with Crippen molar-refractivity contribution in [2.45, 2.75) is 12.7 Å². The molecule has 5 rings (SSSR count). The van der Waals surface area contributed by atoms with E-state index in [0.29, 0.717) is 34.0 Å². The fourth-order valence-corrected chi connectivity index (χ4v) is 4.29. The molecule has 182 valence electrons. The summed E-state index contributed by atoms with van der Waals surface area (Å²) in [5.74, 6) is -1.33. The first kappa shape index (κ1) is 23.3. The molecule has 0 fully saturated rings. The number of alkyl halides is 3. The van der Waals surface area contributed by atoms with E-state index >= 15 is 0 Å². The molecule has 0 spiro atoms. The van der Waals surface area contributed by atoms with Gasteiger partial charge in [0.1, 0.15) is 17.5 Å². The highest BCUT2D eigenvalue weighted by Crippen LogP contribution is 2.40. The van der Waals surface area contributed by atoms with Gasteiger partial charge in [0.2, 0.25) is 0 Å². The molecule has 2 aromatic carbocycles. The molecule has 0 atom stereocenters. The van der Waals surface area contributed by atoms with E-state index in [9.17, 15) is 26.7 Å². The van der Waals surface area contributed by atoms with Gasteiger partial charge < -0.3 is 15.3 Å². The first-order chi connectivity index (χ1) is 17.1. The number of nitrogens with two attached hydrogens (primary N) is 1. The average Bonchev–Trinajstić information content (AvgIpc) is 3.15. The number of pyridine rings is 2. The Bertz CT molecular complexity index is 1650. The van der Waals surface area contributed by atoms with Crippen LogP contribution in [0, 0.1) is 11.6 Å². The number of fused-ring (bicyclic) bond motifs is 1. The molecule has 0 saturated heterocycles. The van der Waals surface area contributed by atoms with Gasteiger partial charge in [-0.05, 0) is 48.0 Å². The molecule has 3 heterocycles. The van der Waals surface area contributed by atoms with Crippen LogP contribution in [0.2, 0.25) is 0 Å². The van der Waals surface area contributed by atoms with E-state index in [1.165, 1.54) is 36.7 Å². The maximum atomic E-state index is 14.9. The van der Waals surface area contributed by atoms with Gasteiger partial charge in [0.15, 0.2) is 0 Å². The second kappa shape index (κ2) is 8.63. The highest BCUT2D eigenvalue weighted by Gasteiger charge is 2.31. The lowest BCUT2D eigenvalue weighted by Gasteiger charge is -2.15. The summed E-state index contributed by atoms with van der Waals surface area (Å²) >= 11 is 0. The summed E-state index contributed by atoms with van der Waals surface area (Å²) in [4.78, 5) is 19.6. The molecule has 36 heavy (non-hydrogen) atoms.